The normalized spacial score (nSPS) is 21.9. The number of hydrogen-bond donors (Lipinski definition) is 0. The standard InChI is InChI=1S/C25H50.C6H12O.C4H10.C2H4O/c1-9-21(6)14-10-11-18-25(8)23(20(4)5)16-17-24(25)22(7)15-12-13-19(2)3;1-3-4-5-6-7-2;1-3-4-2;1-2-3/h19-24H,9-18H2,1-8H3;3-4H,5-6H2,1-2H3;3-4H2,1-2H3;2H,1H3/b;4-3+;;. The molecule has 1 aliphatic rings. The largest absolute Gasteiger partial charge is 0.384 e. The Hall–Kier alpha value is -0.630. The van der Waals surface area contributed by atoms with E-state index in [4.69, 9.17) is 9.53 Å². The minimum atomic E-state index is 0.598. The molecule has 1 fully saturated rings. The summed E-state index contributed by atoms with van der Waals surface area (Å²) in [6, 6.07) is 0. The summed E-state index contributed by atoms with van der Waals surface area (Å²) in [5.41, 5.74) is 0.598. The third-order valence-corrected chi connectivity index (χ3v) is 9.00. The highest BCUT2D eigenvalue weighted by atomic mass is 16.5. The van der Waals surface area contributed by atoms with Gasteiger partial charge in [-0.2, -0.15) is 0 Å². The van der Waals surface area contributed by atoms with E-state index in [-0.39, 0.29) is 0 Å². The van der Waals surface area contributed by atoms with Gasteiger partial charge >= 0.3 is 0 Å². The topological polar surface area (TPSA) is 26.3 Å². The molecule has 1 saturated carbocycles. The van der Waals surface area contributed by atoms with Crippen molar-refractivity contribution < 1.29 is 9.53 Å². The van der Waals surface area contributed by atoms with Gasteiger partial charge < -0.3 is 9.53 Å². The fraction of sp³-hybridized carbons (Fsp3) is 0.919. The van der Waals surface area contributed by atoms with E-state index in [1.54, 1.807) is 7.11 Å². The molecule has 0 bridgehead atoms. The quantitative estimate of drug-likeness (QED) is 0.108. The van der Waals surface area contributed by atoms with Gasteiger partial charge in [-0.25, -0.2) is 0 Å². The van der Waals surface area contributed by atoms with Gasteiger partial charge in [0.2, 0.25) is 0 Å². The first-order valence-corrected chi connectivity index (χ1v) is 17.0. The lowest BCUT2D eigenvalue weighted by Gasteiger charge is -2.42. The van der Waals surface area contributed by atoms with E-state index < -0.39 is 0 Å². The average Bonchev–Trinajstić information content (AvgIpc) is 3.24. The second-order valence-electron chi connectivity index (χ2n) is 13.2. The minimum absolute atomic E-state index is 0.598. The summed E-state index contributed by atoms with van der Waals surface area (Å²) in [6.45, 7) is 28.4. The van der Waals surface area contributed by atoms with Crippen LogP contribution in [0.15, 0.2) is 12.2 Å². The number of allylic oxidation sites excluding steroid dienone is 1. The van der Waals surface area contributed by atoms with E-state index in [1.165, 1.54) is 84.0 Å². The van der Waals surface area contributed by atoms with E-state index in [2.05, 4.69) is 75.3 Å². The predicted molar refractivity (Wildman–Crippen MR) is 179 cm³/mol. The molecule has 1 rings (SSSR count). The van der Waals surface area contributed by atoms with Crippen LogP contribution in [-0.4, -0.2) is 20.0 Å². The van der Waals surface area contributed by atoms with Crippen molar-refractivity contribution in [2.24, 2.45) is 40.9 Å². The molecule has 0 amide bonds. The Labute approximate surface area is 248 Å². The summed E-state index contributed by atoms with van der Waals surface area (Å²) in [7, 11) is 1.71. The molecule has 236 valence electrons. The summed E-state index contributed by atoms with van der Waals surface area (Å²) < 4.78 is 4.79. The molecule has 39 heavy (non-hydrogen) atoms. The number of hydrogen-bond acceptors (Lipinski definition) is 2. The van der Waals surface area contributed by atoms with Crippen LogP contribution in [0.3, 0.4) is 0 Å². The Bertz CT molecular complexity index is 522. The van der Waals surface area contributed by atoms with Crippen LogP contribution in [0, 0.1) is 40.9 Å². The Morgan fingerprint density at radius 1 is 0.846 bits per heavy atom. The summed E-state index contributed by atoms with van der Waals surface area (Å²) in [5, 5.41) is 0. The van der Waals surface area contributed by atoms with E-state index in [1.807, 2.05) is 13.0 Å². The summed E-state index contributed by atoms with van der Waals surface area (Å²) in [4.78, 5) is 8.81. The number of carbonyl (C=O) groups excluding carboxylic acids is 1. The Morgan fingerprint density at radius 2 is 1.41 bits per heavy atom. The molecule has 1 aliphatic carbocycles. The van der Waals surface area contributed by atoms with Crippen LogP contribution in [0.4, 0.5) is 0 Å². The van der Waals surface area contributed by atoms with Crippen LogP contribution in [0.5, 0.6) is 0 Å². The summed E-state index contributed by atoms with van der Waals surface area (Å²) in [6.07, 6.45) is 23.0. The molecule has 0 aromatic heterocycles. The SMILES string of the molecule is C/C=C/CCOC.CC=O.CCC(C)CCCCC1(C)C(C(C)C)CCC1C(C)CCCC(C)C.CCCC. The van der Waals surface area contributed by atoms with E-state index in [9.17, 15) is 0 Å². The van der Waals surface area contributed by atoms with Crippen LogP contribution < -0.4 is 0 Å². The molecule has 0 heterocycles. The smallest absolute Gasteiger partial charge is 0.116 e. The maximum atomic E-state index is 8.81. The maximum absolute atomic E-state index is 8.81. The zero-order chi connectivity index (χ0) is 30.7. The number of carbonyl (C=O) groups is 1. The van der Waals surface area contributed by atoms with Crippen LogP contribution in [0.25, 0.3) is 0 Å². The fourth-order valence-electron chi connectivity index (χ4n) is 6.30. The third kappa shape index (κ3) is 22.7. The summed E-state index contributed by atoms with van der Waals surface area (Å²) >= 11 is 0. The van der Waals surface area contributed by atoms with Crippen LogP contribution in [0.2, 0.25) is 0 Å². The van der Waals surface area contributed by atoms with Crippen molar-refractivity contribution in [3.8, 4) is 0 Å². The van der Waals surface area contributed by atoms with Gasteiger partial charge in [0.1, 0.15) is 6.29 Å². The Morgan fingerprint density at radius 3 is 1.85 bits per heavy atom. The number of methoxy groups -OCH3 is 1. The molecule has 5 atom stereocenters. The molecule has 0 aromatic rings. The number of ether oxygens (including phenoxy) is 1. The zero-order valence-electron chi connectivity index (χ0n) is 29.4. The molecule has 0 spiro atoms. The van der Waals surface area contributed by atoms with Gasteiger partial charge in [-0.1, -0.05) is 139 Å². The Balaban J connectivity index is -0.000000761. The third-order valence-electron chi connectivity index (χ3n) is 9.00. The molecule has 0 radical (unpaired) electrons. The van der Waals surface area contributed by atoms with Crippen molar-refractivity contribution in [1.29, 1.82) is 0 Å². The van der Waals surface area contributed by atoms with Crippen molar-refractivity contribution in [1.82, 2.24) is 0 Å². The summed E-state index contributed by atoms with van der Waals surface area (Å²) in [5.74, 6) is 5.48. The van der Waals surface area contributed by atoms with Crippen molar-refractivity contribution >= 4 is 6.29 Å². The molecule has 5 unspecified atom stereocenters. The van der Waals surface area contributed by atoms with Gasteiger partial charge in [-0.05, 0) is 80.5 Å². The first-order chi connectivity index (χ1) is 18.5. The maximum Gasteiger partial charge on any atom is 0.116 e. The number of rotatable bonds is 16. The lowest BCUT2D eigenvalue weighted by atomic mass is 9.63. The first kappa shape index (κ1) is 42.8. The molecule has 2 heteroatoms. The Kier molecular flexibility index (Phi) is 31.7. The predicted octanol–water partition coefficient (Wildman–Crippen LogP) is 12.4. The van der Waals surface area contributed by atoms with Gasteiger partial charge in [0.25, 0.3) is 0 Å². The van der Waals surface area contributed by atoms with Crippen molar-refractivity contribution in [2.75, 3.05) is 13.7 Å². The van der Waals surface area contributed by atoms with Gasteiger partial charge in [0.05, 0.1) is 0 Å². The zero-order valence-corrected chi connectivity index (χ0v) is 29.4. The molecular formula is C37H76O2. The number of aldehydes is 1. The van der Waals surface area contributed by atoms with Crippen molar-refractivity contribution in [3.63, 3.8) is 0 Å². The van der Waals surface area contributed by atoms with Crippen molar-refractivity contribution in [3.05, 3.63) is 12.2 Å². The first-order valence-electron chi connectivity index (χ1n) is 17.0. The monoisotopic (exact) mass is 553 g/mol. The second kappa shape index (κ2) is 28.9. The van der Waals surface area contributed by atoms with E-state index >= 15 is 0 Å². The number of unbranched alkanes of at least 4 members (excludes halogenated alkanes) is 2. The van der Waals surface area contributed by atoms with Gasteiger partial charge in [-0.15, -0.1) is 0 Å². The van der Waals surface area contributed by atoms with Gasteiger partial charge in [0, 0.05) is 13.7 Å². The highest BCUT2D eigenvalue weighted by molar-refractivity contribution is 5.44. The van der Waals surface area contributed by atoms with Crippen LogP contribution in [-0.2, 0) is 9.53 Å². The molecule has 0 aromatic carbocycles. The second-order valence-corrected chi connectivity index (χ2v) is 13.2. The minimum Gasteiger partial charge on any atom is -0.384 e. The van der Waals surface area contributed by atoms with Gasteiger partial charge in [0.15, 0.2) is 0 Å². The molecule has 0 N–H and O–H groups in total. The highest BCUT2D eigenvalue weighted by Gasteiger charge is 2.48. The average molecular weight is 553 g/mol. The van der Waals surface area contributed by atoms with Gasteiger partial charge in [-0.3, -0.25) is 0 Å². The van der Waals surface area contributed by atoms with Crippen LogP contribution >= 0.6 is 0 Å². The molecular weight excluding hydrogens is 476 g/mol. The molecule has 0 aliphatic heterocycles. The van der Waals surface area contributed by atoms with E-state index in [0.717, 1.165) is 54.8 Å². The fourth-order valence-corrected chi connectivity index (χ4v) is 6.30. The molecule has 2 nitrogen and oxygen atoms in total. The lowest BCUT2D eigenvalue weighted by molar-refractivity contribution is -0.106. The van der Waals surface area contributed by atoms with Crippen molar-refractivity contribution in [2.45, 2.75) is 167 Å². The molecule has 0 saturated heterocycles. The lowest BCUT2D eigenvalue weighted by Crippen LogP contribution is -2.34. The van der Waals surface area contributed by atoms with E-state index in [0.29, 0.717) is 5.41 Å². The highest BCUT2D eigenvalue weighted by Crippen LogP contribution is 2.56. The van der Waals surface area contributed by atoms with Crippen LogP contribution in [0.1, 0.15) is 167 Å².